The van der Waals surface area contributed by atoms with Crippen molar-refractivity contribution >= 4 is 0 Å². The van der Waals surface area contributed by atoms with Gasteiger partial charge in [-0.2, -0.15) is 0 Å². The lowest BCUT2D eigenvalue weighted by molar-refractivity contribution is 0.372. The molecular weight excluding hydrogens is 178 g/mol. The molecule has 14 heavy (non-hydrogen) atoms. The minimum atomic E-state index is -2.14. The molecule has 0 aliphatic heterocycles. The van der Waals surface area contributed by atoms with Gasteiger partial charge in [-0.25, -0.2) is 0 Å². The van der Waals surface area contributed by atoms with Crippen LogP contribution in [0.4, 0.5) is 0 Å². The smallest absolute Gasteiger partial charge is 0.160 e. The number of likely N-dealkylation sites (N-methyl/N-ethyl adjacent to an activating group) is 1. The van der Waals surface area contributed by atoms with Crippen LogP contribution >= 0.6 is 0 Å². The van der Waals surface area contributed by atoms with Gasteiger partial charge in [-0.15, -0.1) is 0 Å². The Kier molecular flexibility index (Phi) is 2.47. The van der Waals surface area contributed by atoms with E-state index in [9.17, 15) is 5.11 Å². The van der Waals surface area contributed by atoms with Crippen LogP contribution in [0.15, 0.2) is 18.2 Å². The molecule has 1 rings (SSSR count). The predicted octanol–water partition coefficient (Wildman–Crippen LogP) is 1.55. The van der Waals surface area contributed by atoms with Crippen molar-refractivity contribution in [1.82, 2.24) is 5.32 Å². The molecule has 0 bridgehead atoms. The molecular formula is C11H17NO2. The molecule has 0 aliphatic carbocycles. The lowest BCUT2D eigenvalue weighted by atomic mass is 10.1. The molecule has 0 heterocycles. The molecule has 0 aliphatic rings. The van der Waals surface area contributed by atoms with Gasteiger partial charge in [-0.05, 0) is 38.0 Å². The highest BCUT2D eigenvalue weighted by molar-refractivity contribution is 5.41. The molecule has 0 amide bonds. The number of phenols is 1. The first-order valence-corrected chi connectivity index (χ1v) is 4.45. The molecule has 2 N–H and O–H groups in total. The minimum Gasteiger partial charge on any atom is -0.504 e. The fourth-order valence-electron chi connectivity index (χ4n) is 1.25. The third kappa shape index (κ3) is 2.64. The van der Waals surface area contributed by atoms with Crippen LogP contribution in [0.2, 0.25) is 0 Å². The molecule has 3 heteroatoms. The van der Waals surface area contributed by atoms with Gasteiger partial charge in [0, 0.05) is 10.2 Å². The van der Waals surface area contributed by atoms with E-state index in [0.717, 1.165) is 5.56 Å². The quantitative estimate of drug-likeness (QED) is 0.771. The monoisotopic (exact) mass is 198 g/mol. The summed E-state index contributed by atoms with van der Waals surface area (Å²) < 4.78 is 26.3. The van der Waals surface area contributed by atoms with Crippen molar-refractivity contribution in [3.63, 3.8) is 0 Å². The molecule has 0 saturated heterocycles. The van der Waals surface area contributed by atoms with E-state index in [1.165, 1.54) is 13.2 Å². The van der Waals surface area contributed by atoms with Gasteiger partial charge in [0.1, 0.15) is 0 Å². The van der Waals surface area contributed by atoms with Gasteiger partial charge in [0.15, 0.2) is 11.5 Å². The maximum Gasteiger partial charge on any atom is 0.160 e. The van der Waals surface area contributed by atoms with Crippen LogP contribution in [0.3, 0.4) is 0 Å². The molecule has 1 unspecified atom stereocenters. The zero-order valence-electron chi connectivity index (χ0n) is 11.4. The number of hydrogen-bond donors (Lipinski definition) is 2. The summed E-state index contributed by atoms with van der Waals surface area (Å²) in [5.41, 5.74) is 0.906. The number of phenolic OH excluding ortho intramolecular Hbond substituents is 1. The van der Waals surface area contributed by atoms with Gasteiger partial charge >= 0.3 is 0 Å². The lowest BCUT2D eigenvalue weighted by Crippen LogP contribution is -2.23. The summed E-state index contributed by atoms with van der Waals surface area (Å²) in [7, 11) is 1.48. The van der Waals surface area contributed by atoms with Crippen LogP contribution in [0.25, 0.3) is 0 Å². The van der Waals surface area contributed by atoms with Gasteiger partial charge in [0.2, 0.25) is 0 Å². The van der Waals surface area contributed by atoms with Crippen molar-refractivity contribution < 1.29 is 14.0 Å². The summed E-state index contributed by atoms with van der Waals surface area (Å²) in [4.78, 5) is 0. The van der Waals surface area contributed by atoms with E-state index >= 15 is 0 Å². The van der Waals surface area contributed by atoms with E-state index in [1.807, 2.05) is 0 Å². The molecule has 3 nitrogen and oxygen atoms in total. The summed E-state index contributed by atoms with van der Waals surface area (Å²) in [6.45, 7) is -0.341. The molecule has 0 spiro atoms. The highest BCUT2D eigenvalue weighted by atomic mass is 16.5. The molecule has 0 fully saturated rings. The van der Waals surface area contributed by atoms with Crippen molar-refractivity contribution in [2.45, 2.75) is 19.4 Å². The van der Waals surface area contributed by atoms with Crippen molar-refractivity contribution in [3.05, 3.63) is 23.8 Å². The van der Waals surface area contributed by atoms with Crippen LogP contribution in [-0.4, -0.2) is 25.2 Å². The summed E-state index contributed by atoms with van der Waals surface area (Å²) in [6.07, 6.45) is 0.551. The first kappa shape index (κ1) is 7.12. The fourth-order valence-corrected chi connectivity index (χ4v) is 1.25. The maximum atomic E-state index is 9.42. The number of aromatic hydroxyl groups is 1. The Balaban J connectivity index is 2.68. The largest absolute Gasteiger partial charge is 0.504 e. The standard InChI is InChI=1S/C11H17NO2/c1-8(12-2)6-9-4-5-10(13)11(7-9)14-3/h4-5,7-8,12-13H,6H2,1-3H3/i2D3. The van der Waals surface area contributed by atoms with Gasteiger partial charge in [0.05, 0.1) is 7.11 Å². The van der Waals surface area contributed by atoms with Gasteiger partial charge < -0.3 is 15.2 Å². The van der Waals surface area contributed by atoms with E-state index in [2.05, 4.69) is 5.32 Å². The Labute approximate surface area is 88.9 Å². The van der Waals surface area contributed by atoms with Crippen molar-refractivity contribution in [2.24, 2.45) is 0 Å². The van der Waals surface area contributed by atoms with Crippen molar-refractivity contribution in [3.8, 4) is 11.5 Å². The van der Waals surface area contributed by atoms with Gasteiger partial charge in [-0.3, -0.25) is 0 Å². The number of rotatable bonds is 4. The zero-order valence-corrected chi connectivity index (χ0v) is 8.37. The van der Waals surface area contributed by atoms with E-state index in [0.29, 0.717) is 12.2 Å². The molecule has 0 aromatic heterocycles. The number of ether oxygens (including phenoxy) is 1. The van der Waals surface area contributed by atoms with Crippen LogP contribution in [-0.2, 0) is 6.42 Å². The van der Waals surface area contributed by atoms with E-state index in [-0.39, 0.29) is 11.8 Å². The lowest BCUT2D eigenvalue weighted by Gasteiger charge is -2.11. The average molecular weight is 198 g/mol. The topological polar surface area (TPSA) is 41.5 Å². The second kappa shape index (κ2) is 4.86. The SMILES string of the molecule is [2H]C([2H])([2H])NC(C)Cc1ccc(O)c(OC)c1. The Bertz CT molecular complexity index is 379. The predicted molar refractivity (Wildman–Crippen MR) is 56.9 cm³/mol. The van der Waals surface area contributed by atoms with Crippen molar-refractivity contribution in [2.75, 3.05) is 14.1 Å². The number of benzene rings is 1. The van der Waals surface area contributed by atoms with Crippen LogP contribution in [0, 0.1) is 0 Å². The summed E-state index contributed by atoms with van der Waals surface area (Å²) in [6, 6.07) is 4.80. The highest BCUT2D eigenvalue weighted by Gasteiger charge is 2.05. The second-order valence-corrected chi connectivity index (χ2v) is 3.26. The third-order valence-corrected chi connectivity index (χ3v) is 2.03. The molecule has 1 aromatic rings. The Morgan fingerprint density at radius 2 is 2.43 bits per heavy atom. The molecule has 1 atom stereocenters. The fraction of sp³-hybridized carbons (Fsp3) is 0.455. The van der Waals surface area contributed by atoms with Gasteiger partial charge in [0.25, 0.3) is 0 Å². The minimum absolute atomic E-state index is 0.0766. The van der Waals surface area contributed by atoms with Crippen LogP contribution < -0.4 is 10.1 Å². The van der Waals surface area contributed by atoms with E-state index in [4.69, 9.17) is 8.85 Å². The Morgan fingerprint density at radius 1 is 1.64 bits per heavy atom. The third-order valence-electron chi connectivity index (χ3n) is 2.03. The normalized spacial score (nSPS) is 16.6. The first-order valence-electron chi connectivity index (χ1n) is 5.95. The zero-order chi connectivity index (χ0) is 13.1. The first-order chi connectivity index (χ1) is 7.81. The van der Waals surface area contributed by atoms with E-state index < -0.39 is 6.98 Å². The number of nitrogens with one attached hydrogen (secondary N) is 1. The van der Waals surface area contributed by atoms with E-state index in [1.54, 1.807) is 19.1 Å². The summed E-state index contributed by atoms with van der Waals surface area (Å²) >= 11 is 0. The second-order valence-electron chi connectivity index (χ2n) is 3.26. The highest BCUT2D eigenvalue weighted by Crippen LogP contribution is 2.26. The van der Waals surface area contributed by atoms with Crippen molar-refractivity contribution in [1.29, 1.82) is 0 Å². The summed E-state index contributed by atoms with van der Waals surface area (Å²) in [5.74, 6) is 0.469. The maximum absolute atomic E-state index is 9.42. The number of hydrogen-bond acceptors (Lipinski definition) is 3. The molecule has 1 aromatic carbocycles. The van der Waals surface area contributed by atoms with Crippen LogP contribution in [0.5, 0.6) is 11.5 Å². The average Bonchev–Trinajstić information content (AvgIpc) is 2.18. The van der Waals surface area contributed by atoms with Crippen LogP contribution in [0.1, 0.15) is 16.6 Å². The molecule has 0 saturated carbocycles. The Morgan fingerprint density at radius 3 is 3.07 bits per heavy atom. The molecule has 78 valence electrons. The van der Waals surface area contributed by atoms with Gasteiger partial charge in [-0.1, -0.05) is 6.07 Å². The molecule has 0 radical (unpaired) electrons. The Hall–Kier alpha value is -1.22. The number of methoxy groups -OCH3 is 1. The summed E-state index contributed by atoms with van der Waals surface area (Å²) in [5, 5.41) is 11.9.